The van der Waals surface area contributed by atoms with Crippen LogP contribution in [0.4, 0.5) is 0 Å². The average molecular weight is 227 g/mol. The molecule has 1 N–H and O–H groups in total. The van der Waals surface area contributed by atoms with Crippen molar-refractivity contribution in [1.82, 2.24) is 0 Å². The second-order valence-electron chi connectivity index (χ2n) is 3.28. The lowest BCUT2D eigenvalue weighted by Crippen LogP contribution is -1.83. The average Bonchev–Trinajstić information content (AvgIpc) is 2.60. The maximum absolute atomic E-state index is 9.05. The van der Waals surface area contributed by atoms with Crippen molar-refractivity contribution in [3.05, 3.63) is 34.2 Å². The number of benzene rings is 1. The van der Waals surface area contributed by atoms with Gasteiger partial charge in [0.05, 0.1) is 6.61 Å². The van der Waals surface area contributed by atoms with Crippen molar-refractivity contribution >= 4 is 33.0 Å². The third-order valence-corrected chi connectivity index (χ3v) is 3.83. The molecule has 0 saturated heterocycles. The first-order chi connectivity index (χ1) is 6.76. The molecule has 1 heterocycles. The predicted molar refractivity (Wildman–Crippen MR) is 62.0 cm³/mol. The Balaban J connectivity index is 2.73. The van der Waals surface area contributed by atoms with Crippen LogP contribution in [0.5, 0.6) is 0 Å². The fourth-order valence-corrected chi connectivity index (χ4v) is 3.09. The molecule has 1 aromatic heterocycles. The largest absolute Gasteiger partial charge is 0.391 e. The van der Waals surface area contributed by atoms with Gasteiger partial charge in [0.2, 0.25) is 0 Å². The molecule has 0 unspecified atom stereocenters. The molecule has 14 heavy (non-hydrogen) atoms. The van der Waals surface area contributed by atoms with Gasteiger partial charge in [-0.05, 0) is 29.5 Å². The minimum absolute atomic E-state index is 0.111. The van der Waals surface area contributed by atoms with Crippen molar-refractivity contribution in [2.75, 3.05) is 0 Å². The van der Waals surface area contributed by atoms with Gasteiger partial charge >= 0.3 is 0 Å². The van der Waals surface area contributed by atoms with Crippen LogP contribution in [0.3, 0.4) is 0 Å². The monoisotopic (exact) mass is 226 g/mol. The highest BCUT2D eigenvalue weighted by atomic mass is 35.5. The summed E-state index contributed by atoms with van der Waals surface area (Å²) in [7, 11) is 0. The molecule has 0 atom stereocenters. The molecular weight excluding hydrogens is 216 g/mol. The highest BCUT2D eigenvalue weighted by Crippen LogP contribution is 2.31. The van der Waals surface area contributed by atoms with E-state index in [0.717, 1.165) is 4.88 Å². The van der Waals surface area contributed by atoms with E-state index in [2.05, 4.69) is 19.1 Å². The number of alkyl halides is 1. The standard InChI is InChI=1S/C11H11ClOS/c1-7-2-3-8-4-9(6-13)14-11(8)10(7)5-12/h2-4,13H,5-6H2,1H3. The molecule has 2 aromatic rings. The Labute approximate surface area is 91.9 Å². The van der Waals surface area contributed by atoms with Crippen molar-refractivity contribution in [3.8, 4) is 0 Å². The predicted octanol–water partition coefficient (Wildman–Crippen LogP) is 3.44. The molecule has 0 radical (unpaired) electrons. The zero-order valence-corrected chi connectivity index (χ0v) is 9.45. The molecule has 0 spiro atoms. The summed E-state index contributed by atoms with van der Waals surface area (Å²) in [5.41, 5.74) is 2.41. The summed E-state index contributed by atoms with van der Waals surface area (Å²) in [6, 6.07) is 6.18. The van der Waals surface area contributed by atoms with Gasteiger partial charge in [-0.2, -0.15) is 0 Å². The molecule has 74 valence electrons. The van der Waals surface area contributed by atoms with Gasteiger partial charge in [0.15, 0.2) is 0 Å². The molecule has 0 aliphatic carbocycles. The molecule has 1 nitrogen and oxygen atoms in total. The highest BCUT2D eigenvalue weighted by molar-refractivity contribution is 7.19. The zero-order valence-electron chi connectivity index (χ0n) is 7.88. The summed E-state index contributed by atoms with van der Waals surface area (Å²) < 4.78 is 1.21. The van der Waals surface area contributed by atoms with E-state index in [1.165, 1.54) is 21.2 Å². The smallest absolute Gasteiger partial charge is 0.0774 e. The van der Waals surface area contributed by atoms with E-state index in [-0.39, 0.29) is 6.61 Å². The van der Waals surface area contributed by atoms with E-state index in [1.54, 1.807) is 11.3 Å². The normalized spacial score (nSPS) is 11.1. The number of aliphatic hydroxyl groups is 1. The molecule has 0 bridgehead atoms. The van der Waals surface area contributed by atoms with Gasteiger partial charge in [-0.15, -0.1) is 22.9 Å². The Hall–Kier alpha value is -0.570. The molecule has 0 saturated carbocycles. The number of aliphatic hydroxyl groups excluding tert-OH is 1. The molecule has 0 aliphatic rings. The van der Waals surface area contributed by atoms with Gasteiger partial charge in [0.25, 0.3) is 0 Å². The number of hydrogen-bond donors (Lipinski definition) is 1. The molecule has 3 heteroatoms. The molecule has 0 aliphatic heterocycles. The van der Waals surface area contributed by atoms with Gasteiger partial charge in [0, 0.05) is 15.5 Å². The highest BCUT2D eigenvalue weighted by Gasteiger charge is 2.07. The van der Waals surface area contributed by atoms with Crippen molar-refractivity contribution in [1.29, 1.82) is 0 Å². The van der Waals surface area contributed by atoms with Crippen LogP contribution in [0.25, 0.3) is 10.1 Å². The van der Waals surface area contributed by atoms with Crippen molar-refractivity contribution < 1.29 is 5.11 Å². The zero-order chi connectivity index (χ0) is 10.1. The maximum Gasteiger partial charge on any atom is 0.0774 e. The first-order valence-electron chi connectivity index (χ1n) is 4.44. The first kappa shape index (κ1) is 9.97. The van der Waals surface area contributed by atoms with Crippen LogP contribution in [0.2, 0.25) is 0 Å². The lowest BCUT2D eigenvalue weighted by molar-refractivity contribution is 0.285. The van der Waals surface area contributed by atoms with Crippen LogP contribution >= 0.6 is 22.9 Å². The Morgan fingerprint density at radius 2 is 2.21 bits per heavy atom. The Morgan fingerprint density at radius 3 is 2.86 bits per heavy atom. The van der Waals surface area contributed by atoms with Crippen LogP contribution in [0.1, 0.15) is 16.0 Å². The summed E-state index contributed by atoms with van der Waals surface area (Å²) in [4.78, 5) is 0.997. The van der Waals surface area contributed by atoms with Crippen LogP contribution in [-0.2, 0) is 12.5 Å². The van der Waals surface area contributed by atoms with Gasteiger partial charge in [-0.1, -0.05) is 12.1 Å². The lowest BCUT2D eigenvalue weighted by atomic mass is 10.1. The van der Waals surface area contributed by atoms with E-state index < -0.39 is 0 Å². The summed E-state index contributed by atoms with van der Waals surface area (Å²) >= 11 is 7.54. The minimum Gasteiger partial charge on any atom is -0.391 e. The third kappa shape index (κ3) is 1.54. The third-order valence-electron chi connectivity index (χ3n) is 2.36. The van der Waals surface area contributed by atoms with Crippen LogP contribution < -0.4 is 0 Å². The number of thiophene rings is 1. The lowest BCUT2D eigenvalue weighted by Gasteiger charge is -2.02. The van der Waals surface area contributed by atoms with E-state index in [0.29, 0.717) is 5.88 Å². The summed E-state index contributed by atoms with van der Waals surface area (Å²) in [6.07, 6.45) is 0. The number of aryl methyl sites for hydroxylation is 1. The summed E-state index contributed by atoms with van der Waals surface area (Å²) in [5, 5.41) is 10.2. The Kier molecular flexibility index (Phi) is 2.77. The first-order valence-corrected chi connectivity index (χ1v) is 5.79. The topological polar surface area (TPSA) is 20.2 Å². The van der Waals surface area contributed by atoms with Crippen LogP contribution in [-0.4, -0.2) is 5.11 Å². The minimum atomic E-state index is 0.111. The molecule has 1 aromatic carbocycles. The maximum atomic E-state index is 9.05. The Bertz CT molecular complexity index is 462. The summed E-state index contributed by atoms with van der Waals surface area (Å²) in [6.45, 7) is 2.18. The number of hydrogen-bond acceptors (Lipinski definition) is 2. The SMILES string of the molecule is Cc1ccc2cc(CO)sc2c1CCl. The van der Waals surface area contributed by atoms with Gasteiger partial charge in [-0.25, -0.2) is 0 Å². The van der Waals surface area contributed by atoms with Crippen molar-refractivity contribution in [2.45, 2.75) is 19.4 Å². The second-order valence-corrected chi connectivity index (χ2v) is 4.69. The van der Waals surface area contributed by atoms with Gasteiger partial charge in [0.1, 0.15) is 0 Å². The van der Waals surface area contributed by atoms with Crippen LogP contribution in [0, 0.1) is 6.92 Å². The van der Waals surface area contributed by atoms with Crippen molar-refractivity contribution in [2.24, 2.45) is 0 Å². The molecule has 2 rings (SSSR count). The molecule has 0 fully saturated rings. The fourth-order valence-electron chi connectivity index (χ4n) is 1.56. The number of rotatable bonds is 2. The molecular formula is C11H11ClOS. The Morgan fingerprint density at radius 1 is 1.43 bits per heavy atom. The molecule has 0 amide bonds. The van der Waals surface area contributed by atoms with Crippen LogP contribution in [0.15, 0.2) is 18.2 Å². The van der Waals surface area contributed by atoms with Gasteiger partial charge in [-0.3, -0.25) is 0 Å². The van der Waals surface area contributed by atoms with Gasteiger partial charge < -0.3 is 5.11 Å². The fraction of sp³-hybridized carbons (Fsp3) is 0.273. The second kappa shape index (κ2) is 3.89. The quantitative estimate of drug-likeness (QED) is 0.778. The van der Waals surface area contributed by atoms with E-state index in [9.17, 15) is 0 Å². The number of halogens is 1. The van der Waals surface area contributed by atoms with E-state index in [1.807, 2.05) is 6.07 Å². The van der Waals surface area contributed by atoms with E-state index in [4.69, 9.17) is 16.7 Å². The van der Waals surface area contributed by atoms with E-state index >= 15 is 0 Å². The summed E-state index contributed by atoms with van der Waals surface area (Å²) in [5.74, 6) is 0.536. The van der Waals surface area contributed by atoms with Crippen molar-refractivity contribution in [3.63, 3.8) is 0 Å². The number of fused-ring (bicyclic) bond motifs is 1.